The van der Waals surface area contributed by atoms with Crippen molar-refractivity contribution in [2.75, 3.05) is 0 Å². The van der Waals surface area contributed by atoms with Crippen molar-refractivity contribution in [1.82, 2.24) is 10.3 Å². The van der Waals surface area contributed by atoms with E-state index in [1.807, 2.05) is 32.0 Å². The molecule has 0 saturated carbocycles. The molecule has 0 radical (unpaired) electrons. The summed E-state index contributed by atoms with van der Waals surface area (Å²) in [6.45, 7) is 5.50. The molecule has 0 aliphatic carbocycles. The molecule has 1 aromatic heterocycles. The Morgan fingerprint density at radius 1 is 1.35 bits per heavy atom. The first-order chi connectivity index (χ1) is 12.2. The first kappa shape index (κ1) is 20.0. The fraction of sp³-hybridized carbons (Fsp3) is 0.421. The minimum absolute atomic E-state index is 0.0175. The first-order valence-corrected chi connectivity index (χ1v) is 8.81. The van der Waals surface area contributed by atoms with Crippen molar-refractivity contribution in [2.24, 2.45) is 5.92 Å². The molecule has 1 unspecified atom stereocenters. The highest BCUT2D eigenvalue weighted by Gasteiger charge is 2.32. The van der Waals surface area contributed by atoms with Gasteiger partial charge in [-0.25, -0.2) is 4.98 Å². The summed E-state index contributed by atoms with van der Waals surface area (Å²) in [5, 5.41) is 12.5. The molecule has 1 aromatic carbocycles. The maximum Gasteiger partial charge on any atom is 0.305 e. The zero-order valence-corrected chi connectivity index (χ0v) is 15.8. The van der Waals surface area contributed by atoms with Gasteiger partial charge in [-0.15, -0.1) is 0 Å². The number of aromatic nitrogens is 1. The summed E-state index contributed by atoms with van der Waals surface area (Å²) in [5.74, 6) is -0.224. The minimum atomic E-state index is -0.946. The van der Waals surface area contributed by atoms with Crippen LogP contribution in [0.15, 0.2) is 34.9 Å². The number of carboxylic acids is 1. The molecule has 2 rings (SSSR count). The number of carbonyl (C=O) groups is 2. The molecule has 0 saturated heterocycles. The van der Waals surface area contributed by atoms with E-state index in [9.17, 15) is 9.59 Å². The van der Waals surface area contributed by atoms with Gasteiger partial charge >= 0.3 is 5.97 Å². The van der Waals surface area contributed by atoms with Gasteiger partial charge in [0.1, 0.15) is 0 Å². The fourth-order valence-electron chi connectivity index (χ4n) is 2.52. The zero-order chi connectivity index (χ0) is 19.3. The molecule has 1 atom stereocenters. The molecule has 0 aliphatic rings. The van der Waals surface area contributed by atoms with Crippen LogP contribution in [0.1, 0.15) is 39.5 Å². The molecule has 26 heavy (non-hydrogen) atoms. The Labute approximate surface area is 157 Å². The van der Waals surface area contributed by atoms with Gasteiger partial charge < -0.3 is 14.8 Å². The van der Waals surface area contributed by atoms with Gasteiger partial charge in [-0.05, 0) is 25.0 Å². The Balaban J connectivity index is 1.97. The lowest BCUT2D eigenvalue weighted by Crippen LogP contribution is -2.51. The van der Waals surface area contributed by atoms with E-state index in [4.69, 9.17) is 21.1 Å². The Bertz CT molecular complexity index is 787. The summed E-state index contributed by atoms with van der Waals surface area (Å²) in [6.07, 6.45) is 1.92. The Morgan fingerprint density at radius 3 is 2.65 bits per heavy atom. The van der Waals surface area contributed by atoms with Crippen molar-refractivity contribution in [3.63, 3.8) is 0 Å². The van der Waals surface area contributed by atoms with Crippen molar-refractivity contribution in [1.29, 1.82) is 0 Å². The normalized spacial score (nSPS) is 13.4. The molecule has 6 nitrogen and oxygen atoms in total. The van der Waals surface area contributed by atoms with Crippen LogP contribution < -0.4 is 5.32 Å². The lowest BCUT2D eigenvalue weighted by molar-refractivity contribution is -0.139. The van der Waals surface area contributed by atoms with Crippen LogP contribution in [0.4, 0.5) is 0 Å². The molecule has 7 heteroatoms. The van der Waals surface area contributed by atoms with E-state index in [2.05, 4.69) is 10.3 Å². The van der Waals surface area contributed by atoms with E-state index in [0.717, 1.165) is 5.56 Å². The van der Waals surface area contributed by atoms with Crippen LogP contribution in [0.25, 0.3) is 11.3 Å². The average molecular weight is 379 g/mol. The van der Waals surface area contributed by atoms with Crippen LogP contribution in [0, 0.1) is 5.92 Å². The van der Waals surface area contributed by atoms with Gasteiger partial charge in [-0.2, -0.15) is 0 Å². The van der Waals surface area contributed by atoms with E-state index < -0.39 is 11.5 Å². The van der Waals surface area contributed by atoms with E-state index in [1.54, 1.807) is 19.2 Å². The first-order valence-electron chi connectivity index (χ1n) is 8.43. The second kappa shape index (κ2) is 8.36. The van der Waals surface area contributed by atoms with Gasteiger partial charge in [-0.1, -0.05) is 37.6 Å². The van der Waals surface area contributed by atoms with Crippen LogP contribution in [-0.4, -0.2) is 27.5 Å². The van der Waals surface area contributed by atoms with Gasteiger partial charge in [-0.3, -0.25) is 9.59 Å². The predicted molar refractivity (Wildman–Crippen MR) is 98.9 cm³/mol. The summed E-state index contributed by atoms with van der Waals surface area (Å²) in [5.41, 5.74) is -0.0615. The van der Waals surface area contributed by atoms with Crippen LogP contribution in [0.2, 0.25) is 5.02 Å². The van der Waals surface area contributed by atoms with Crippen molar-refractivity contribution in [3.8, 4) is 11.3 Å². The molecular weight excluding hydrogens is 356 g/mol. The molecule has 1 amide bonds. The number of halogens is 1. The van der Waals surface area contributed by atoms with Crippen molar-refractivity contribution in [2.45, 2.75) is 45.6 Å². The molecule has 2 aromatic rings. The number of oxazole rings is 1. The maximum atomic E-state index is 12.3. The lowest BCUT2D eigenvalue weighted by atomic mass is 9.85. The number of carbonyl (C=O) groups excluding carboxylic acids is 1. The SMILES string of the molecule is CC(C)C(C)(CC(=O)O)NC(=O)CCc1ncc(-c2ccccc2Cl)o1. The third-order valence-electron chi connectivity index (χ3n) is 4.48. The van der Waals surface area contributed by atoms with Gasteiger partial charge in [0, 0.05) is 23.9 Å². The Morgan fingerprint density at radius 2 is 2.04 bits per heavy atom. The Hall–Kier alpha value is -2.34. The van der Waals surface area contributed by atoms with Crippen molar-refractivity contribution < 1.29 is 19.1 Å². The monoisotopic (exact) mass is 378 g/mol. The molecule has 1 heterocycles. The van der Waals surface area contributed by atoms with Crippen LogP contribution in [-0.2, 0) is 16.0 Å². The van der Waals surface area contributed by atoms with Gasteiger partial charge in [0.2, 0.25) is 5.91 Å². The summed E-state index contributed by atoms with van der Waals surface area (Å²) in [6, 6.07) is 7.28. The van der Waals surface area contributed by atoms with Crippen LogP contribution in [0.3, 0.4) is 0 Å². The highest BCUT2D eigenvalue weighted by molar-refractivity contribution is 6.33. The number of hydrogen-bond acceptors (Lipinski definition) is 4. The number of rotatable bonds is 8. The molecule has 0 spiro atoms. The number of amides is 1. The van der Waals surface area contributed by atoms with Crippen LogP contribution in [0.5, 0.6) is 0 Å². The van der Waals surface area contributed by atoms with Crippen LogP contribution >= 0.6 is 11.6 Å². The third-order valence-corrected chi connectivity index (χ3v) is 4.81. The summed E-state index contributed by atoms with van der Waals surface area (Å²) in [4.78, 5) is 27.5. The molecule has 140 valence electrons. The average Bonchev–Trinajstić information content (AvgIpc) is 3.01. The fourth-order valence-corrected chi connectivity index (χ4v) is 2.75. The highest BCUT2D eigenvalue weighted by Crippen LogP contribution is 2.28. The van der Waals surface area contributed by atoms with E-state index >= 15 is 0 Å². The zero-order valence-electron chi connectivity index (χ0n) is 15.1. The molecular formula is C19H23ClN2O4. The predicted octanol–water partition coefficient (Wildman–Crippen LogP) is 3.93. The minimum Gasteiger partial charge on any atom is -0.481 e. The second-order valence-corrected chi connectivity index (χ2v) is 7.20. The summed E-state index contributed by atoms with van der Waals surface area (Å²) >= 11 is 6.14. The number of nitrogens with zero attached hydrogens (tertiary/aromatic N) is 1. The lowest BCUT2D eigenvalue weighted by Gasteiger charge is -2.33. The quantitative estimate of drug-likeness (QED) is 0.725. The number of benzene rings is 1. The van der Waals surface area contributed by atoms with Gasteiger partial charge in [0.05, 0.1) is 17.6 Å². The Kier molecular flexibility index (Phi) is 6.42. The summed E-state index contributed by atoms with van der Waals surface area (Å²) < 4.78 is 5.67. The van der Waals surface area contributed by atoms with E-state index in [-0.39, 0.29) is 24.7 Å². The largest absolute Gasteiger partial charge is 0.481 e. The number of hydrogen-bond donors (Lipinski definition) is 2. The van der Waals surface area contributed by atoms with E-state index in [1.165, 1.54) is 0 Å². The summed E-state index contributed by atoms with van der Waals surface area (Å²) in [7, 11) is 0. The number of nitrogens with one attached hydrogen (secondary N) is 1. The maximum absolute atomic E-state index is 12.3. The molecule has 0 aliphatic heterocycles. The molecule has 0 fully saturated rings. The van der Waals surface area contributed by atoms with Gasteiger partial charge in [0.25, 0.3) is 0 Å². The van der Waals surface area contributed by atoms with Gasteiger partial charge in [0.15, 0.2) is 11.7 Å². The number of aliphatic carboxylic acids is 1. The number of carboxylic acid groups (broad SMARTS) is 1. The third kappa shape index (κ3) is 5.08. The molecule has 2 N–H and O–H groups in total. The number of aryl methyl sites for hydroxylation is 1. The van der Waals surface area contributed by atoms with E-state index in [0.29, 0.717) is 23.1 Å². The van der Waals surface area contributed by atoms with Crippen molar-refractivity contribution >= 4 is 23.5 Å². The van der Waals surface area contributed by atoms with Crippen molar-refractivity contribution in [3.05, 3.63) is 41.4 Å². The topological polar surface area (TPSA) is 92.4 Å². The second-order valence-electron chi connectivity index (χ2n) is 6.79. The standard InChI is InChI=1S/C19H23ClN2O4/c1-12(2)19(3,10-18(24)25)22-16(23)8-9-17-21-11-15(26-17)13-6-4-5-7-14(13)20/h4-7,11-12H,8-10H2,1-3H3,(H,22,23)(H,24,25). The molecule has 0 bridgehead atoms. The smallest absolute Gasteiger partial charge is 0.305 e. The highest BCUT2D eigenvalue weighted by atomic mass is 35.5.